The van der Waals surface area contributed by atoms with Crippen molar-refractivity contribution >= 4 is 39.6 Å². The van der Waals surface area contributed by atoms with Crippen LogP contribution in [0.4, 0.5) is 5.82 Å². The van der Waals surface area contributed by atoms with Crippen LogP contribution in [0.15, 0.2) is 12.7 Å². The minimum atomic E-state index is -1.03. The lowest BCUT2D eigenvalue weighted by molar-refractivity contribution is -0.0283. The quantitative estimate of drug-likeness (QED) is 0.475. The van der Waals surface area contributed by atoms with E-state index in [4.69, 9.17) is 10.5 Å². The molecule has 1 saturated heterocycles. The summed E-state index contributed by atoms with van der Waals surface area (Å²) in [4.78, 5) is 12.1. The van der Waals surface area contributed by atoms with Gasteiger partial charge in [-0.1, -0.05) is 22.6 Å². The Hall–Kier alpha value is -1.04. The second kappa shape index (κ2) is 4.81. The first-order chi connectivity index (χ1) is 9.13. The van der Waals surface area contributed by atoms with Gasteiger partial charge in [-0.15, -0.1) is 0 Å². The average Bonchev–Trinajstić information content (AvgIpc) is 2.94. The van der Waals surface area contributed by atoms with Gasteiger partial charge < -0.3 is 20.7 Å². The molecule has 1 fully saturated rings. The molecule has 3 heterocycles. The van der Waals surface area contributed by atoms with Crippen molar-refractivity contribution in [1.29, 1.82) is 0 Å². The number of aromatic nitrogens is 4. The van der Waals surface area contributed by atoms with Crippen molar-refractivity contribution in [2.75, 3.05) is 10.2 Å². The fraction of sp³-hybridized carbons (Fsp3) is 0.500. The van der Waals surface area contributed by atoms with Gasteiger partial charge in [0.1, 0.15) is 24.1 Å². The molecule has 0 amide bonds. The zero-order valence-corrected chi connectivity index (χ0v) is 11.9. The first-order valence-electron chi connectivity index (χ1n) is 5.64. The van der Waals surface area contributed by atoms with Crippen LogP contribution in [0.3, 0.4) is 0 Å². The van der Waals surface area contributed by atoms with Gasteiger partial charge in [-0.2, -0.15) is 0 Å². The van der Waals surface area contributed by atoms with Crippen molar-refractivity contribution in [3.8, 4) is 0 Å². The maximum absolute atomic E-state index is 10.1. The van der Waals surface area contributed by atoms with E-state index in [9.17, 15) is 10.2 Å². The normalized spacial score (nSPS) is 31.1. The molecule has 0 saturated carbocycles. The first kappa shape index (κ1) is 13.0. The summed E-state index contributed by atoms with van der Waals surface area (Å²) in [6, 6.07) is 0. The SMILES string of the molecule is Nc1ncnc2c1ncn2[C@@H]1O[C@H](CI)[C@@H](O)[C@@H]1O. The number of fused-ring (bicyclic) bond motifs is 1. The summed E-state index contributed by atoms with van der Waals surface area (Å²) in [6.45, 7) is 0. The number of nitrogens with zero attached hydrogens (tertiary/aromatic N) is 4. The number of aliphatic hydroxyl groups is 2. The molecule has 4 N–H and O–H groups in total. The van der Waals surface area contributed by atoms with Crippen LogP contribution in [-0.4, -0.2) is 52.5 Å². The van der Waals surface area contributed by atoms with E-state index in [1.807, 2.05) is 0 Å². The smallest absolute Gasteiger partial charge is 0.167 e. The number of rotatable bonds is 2. The number of hydrogen-bond acceptors (Lipinski definition) is 7. The van der Waals surface area contributed by atoms with Crippen LogP contribution in [0.25, 0.3) is 11.2 Å². The van der Waals surface area contributed by atoms with E-state index in [-0.39, 0.29) is 5.82 Å². The van der Waals surface area contributed by atoms with Gasteiger partial charge in [-0.05, 0) is 0 Å². The number of hydrogen-bond donors (Lipinski definition) is 3. The van der Waals surface area contributed by atoms with Crippen LogP contribution in [0.1, 0.15) is 6.23 Å². The Morgan fingerprint density at radius 2 is 2.11 bits per heavy atom. The molecule has 1 aliphatic heterocycles. The molecule has 19 heavy (non-hydrogen) atoms. The van der Waals surface area contributed by atoms with E-state index in [1.165, 1.54) is 12.7 Å². The highest BCUT2D eigenvalue weighted by atomic mass is 127. The van der Waals surface area contributed by atoms with E-state index in [0.29, 0.717) is 15.6 Å². The van der Waals surface area contributed by atoms with Crippen LogP contribution in [-0.2, 0) is 4.74 Å². The second-order valence-corrected chi connectivity index (χ2v) is 5.16. The summed E-state index contributed by atoms with van der Waals surface area (Å²) in [6.07, 6.45) is -0.312. The van der Waals surface area contributed by atoms with E-state index < -0.39 is 24.5 Å². The number of ether oxygens (including phenoxy) is 1. The predicted octanol–water partition coefficient (Wildman–Crippen LogP) is -0.537. The van der Waals surface area contributed by atoms with Crippen LogP contribution in [0, 0.1) is 0 Å². The summed E-state index contributed by atoms with van der Waals surface area (Å²) < 4.78 is 7.78. The predicted molar refractivity (Wildman–Crippen MR) is 74.5 cm³/mol. The molecule has 2 aromatic rings. The lowest BCUT2D eigenvalue weighted by Crippen LogP contribution is -2.32. The topological polar surface area (TPSA) is 119 Å². The Kier molecular flexibility index (Phi) is 3.28. The third-order valence-electron chi connectivity index (χ3n) is 3.15. The molecule has 0 radical (unpaired) electrons. The highest BCUT2D eigenvalue weighted by Crippen LogP contribution is 2.32. The highest BCUT2D eigenvalue weighted by Gasteiger charge is 2.43. The van der Waals surface area contributed by atoms with Crippen molar-refractivity contribution in [2.24, 2.45) is 0 Å². The van der Waals surface area contributed by atoms with Crippen molar-refractivity contribution in [1.82, 2.24) is 19.5 Å². The molecular weight excluding hydrogens is 365 g/mol. The Morgan fingerprint density at radius 3 is 2.79 bits per heavy atom. The zero-order valence-electron chi connectivity index (χ0n) is 9.72. The number of nitrogens with two attached hydrogens (primary N) is 1. The zero-order chi connectivity index (χ0) is 13.6. The minimum absolute atomic E-state index is 0.266. The Labute approximate surface area is 121 Å². The highest BCUT2D eigenvalue weighted by molar-refractivity contribution is 14.1. The van der Waals surface area contributed by atoms with Gasteiger partial charge in [-0.3, -0.25) is 4.57 Å². The van der Waals surface area contributed by atoms with Gasteiger partial charge in [0.2, 0.25) is 0 Å². The van der Waals surface area contributed by atoms with E-state index in [0.717, 1.165) is 0 Å². The lowest BCUT2D eigenvalue weighted by atomic mass is 10.1. The van der Waals surface area contributed by atoms with Crippen molar-refractivity contribution in [2.45, 2.75) is 24.5 Å². The van der Waals surface area contributed by atoms with Crippen molar-refractivity contribution in [3.63, 3.8) is 0 Å². The molecule has 0 unspecified atom stereocenters. The molecule has 0 aliphatic carbocycles. The monoisotopic (exact) mass is 377 g/mol. The minimum Gasteiger partial charge on any atom is -0.387 e. The standard InChI is InChI=1S/C10H12IN5O3/c11-1-4-6(17)7(18)10(19-4)16-3-15-5-8(12)13-2-14-9(5)16/h2-4,6-7,10,17-18H,1H2,(H2,12,13,14)/t4-,6-,7+,10-/m1/s1. The maximum atomic E-state index is 10.1. The molecule has 8 nitrogen and oxygen atoms in total. The number of nitrogen functional groups attached to an aromatic ring is 1. The number of halogens is 1. The molecular formula is C10H12IN5O3. The molecule has 0 spiro atoms. The van der Waals surface area contributed by atoms with E-state index in [2.05, 4.69) is 37.5 Å². The fourth-order valence-electron chi connectivity index (χ4n) is 2.14. The third-order valence-corrected chi connectivity index (χ3v) is 4.02. The fourth-order valence-corrected chi connectivity index (χ4v) is 2.87. The Balaban J connectivity index is 2.04. The second-order valence-electron chi connectivity index (χ2n) is 4.28. The largest absolute Gasteiger partial charge is 0.387 e. The van der Waals surface area contributed by atoms with Gasteiger partial charge in [0.25, 0.3) is 0 Å². The summed E-state index contributed by atoms with van der Waals surface area (Å²) in [5, 5.41) is 19.9. The van der Waals surface area contributed by atoms with Crippen LogP contribution >= 0.6 is 22.6 Å². The van der Waals surface area contributed by atoms with Gasteiger partial charge in [-0.25, -0.2) is 15.0 Å². The summed E-state index contributed by atoms with van der Waals surface area (Å²) in [5.74, 6) is 0.266. The molecule has 102 valence electrons. The van der Waals surface area contributed by atoms with Gasteiger partial charge in [0.05, 0.1) is 12.4 Å². The number of aliphatic hydroxyl groups excluding tert-OH is 2. The molecule has 9 heteroatoms. The van der Waals surface area contributed by atoms with Crippen LogP contribution < -0.4 is 5.73 Å². The molecule has 1 aliphatic rings. The van der Waals surface area contributed by atoms with Crippen molar-refractivity contribution < 1.29 is 14.9 Å². The third kappa shape index (κ3) is 1.96. The molecule has 3 rings (SSSR count). The Bertz CT molecular complexity index is 606. The van der Waals surface area contributed by atoms with E-state index >= 15 is 0 Å². The van der Waals surface area contributed by atoms with Crippen LogP contribution in [0.5, 0.6) is 0 Å². The summed E-state index contributed by atoms with van der Waals surface area (Å²) >= 11 is 2.10. The Morgan fingerprint density at radius 1 is 1.32 bits per heavy atom. The maximum Gasteiger partial charge on any atom is 0.167 e. The number of anilines is 1. The summed E-state index contributed by atoms with van der Waals surface area (Å²) in [7, 11) is 0. The van der Waals surface area contributed by atoms with E-state index in [1.54, 1.807) is 4.57 Å². The lowest BCUT2D eigenvalue weighted by Gasteiger charge is -2.16. The number of alkyl halides is 1. The van der Waals surface area contributed by atoms with Gasteiger partial charge >= 0.3 is 0 Å². The molecule has 0 aromatic carbocycles. The number of imidazole rings is 1. The molecule has 4 atom stereocenters. The van der Waals surface area contributed by atoms with Gasteiger partial charge in [0, 0.05) is 4.43 Å². The first-order valence-corrected chi connectivity index (χ1v) is 7.16. The molecule has 2 aromatic heterocycles. The summed E-state index contributed by atoms with van der Waals surface area (Å²) in [5.41, 5.74) is 6.62. The van der Waals surface area contributed by atoms with Crippen LogP contribution in [0.2, 0.25) is 0 Å². The average molecular weight is 377 g/mol. The van der Waals surface area contributed by atoms with Gasteiger partial charge in [0.15, 0.2) is 17.7 Å². The molecule has 0 bridgehead atoms. The van der Waals surface area contributed by atoms with Crippen molar-refractivity contribution in [3.05, 3.63) is 12.7 Å².